The molecule has 0 unspecified atom stereocenters. The van der Waals surface area contributed by atoms with Crippen LogP contribution in [0.2, 0.25) is 0 Å². The van der Waals surface area contributed by atoms with Gasteiger partial charge in [-0.1, -0.05) is 0 Å². The van der Waals surface area contributed by atoms with Crippen molar-refractivity contribution in [3.8, 4) is 0 Å². The number of fused-ring (bicyclic) bond motifs is 1. The summed E-state index contributed by atoms with van der Waals surface area (Å²) in [5, 5.41) is 0. The molecule has 7 heteroatoms. The van der Waals surface area contributed by atoms with Crippen LogP contribution in [0.5, 0.6) is 0 Å². The van der Waals surface area contributed by atoms with E-state index in [2.05, 4.69) is 15.0 Å². The molecule has 1 aliphatic heterocycles. The maximum Gasteiger partial charge on any atom is 0.220 e. The van der Waals surface area contributed by atoms with Crippen LogP contribution in [0.25, 0.3) is 0 Å². The summed E-state index contributed by atoms with van der Waals surface area (Å²) in [4.78, 5) is 13.6. The standard InChI is InChI=1S/C13H13F2N5/c14-10-4-17-5-11(15)9(10)7-20-2-1-12-8(6-20)3-18-13(16)19-12/h3-5H,1-2,6-7H2,(H2,16,18,19). The molecule has 5 nitrogen and oxygen atoms in total. The lowest BCUT2D eigenvalue weighted by atomic mass is 10.1. The van der Waals surface area contributed by atoms with Gasteiger partial charge in [-0.25, -0.2) is 18.7 Å². The van der Waals surface area contributed by atoms with Crippen LogP contribution in [0.3, 0.4) is 0 Å². The number of nitrogens with zero attached hydrogens (tertiary/aromatic N) is 4. The van der Waals surface area contributed by atoms with E-state index in [1.165, 1.54) is 0 Å². The highest BCUT2D eigenvalue weighted by Gasteiger charge is 2.20. The van der Waals surface area contributed by atoms with Gasteiger partial charge >= 0.3 is 0 Å². The van der Waals surface area contributed by atoms with Gasteiger partial charge in [0.1, 0.15) is 11.6 Å². The zero-order chi connectivity index (χ0) is 14.1. The van der Waals surface area contributed by atoms with E-state index >= 15 is 0 Å². The molecule has 1 aliphatic rings. The van der Waals surface area contributed by atoms with Crippen molar-refractivity contribution < 1.29 is 8.78 Å². The quantitative estimate of drug-likeness (QED) is 0.896. The van der Waals surface area contributed by atoms with Gasteiger partial charge in [-0.15, -0.1) is 0 Å². The maximum absolute atomic E-state index is 13.6. The topological polar surface area (TPSA) is 67.9 Å². The molecule has 0 spiro atoms. The second-order valence-electron chi connectivity index (χ2n) is 4.74. The van der Waals surface area contributed by atoms with Gasteiger partial charge in [-0.3, -0.25) is 9.88 Å². The Balaban J connectivity index is 1.79. The van der Waals surface area contributed by atoms with E-state index in [0.717, 1.165) is 23.7 Å². The summed E-state index contributed by atoms with van der Waals surface area (Å²) in [7, 11) is 0. The molecule has 2 aromatic rings. The minimum Gasteiger partial charge on any atom is -0.368 e. The number of hydrogen-bond donors (Lipinski definition) is 1. The third kappa shape index (κ3) is 2.44. The van der Waals surface area contributed by atoms with Crippen molar-refractivity contribution in [3.05, 3.63) is 47.0 Å². The summed E-state index contributed by atoms with van der Waals surface area (Å²) >= 11 is 0. The second kappa shape index (κ2) is 5.09. The number of hydrogen-bond acceptors (Lipinski definition) is 5. The lowest BCUT2D eigenvalue weighted by Crippen LogP contribution is -2.31. The van der Waals surface area contributed by atoms with Gasteiger partial charge in [0.15, 0.2) is 0 Å². The molecular formula is C13H13F2N5. The fourth-order valence-corrected chi connectivity index (χ4v) is 2.34. The van der Waals surface area contributed by atoms with Crippen molar-refractivity contribution in [3.63, 3.8) is 0 Å². The molecule has 2 aromatic heterocycles. The summed E-state index contributed by atoms with van der Waals surface area (Å²) in [5.41, 5.74) is 7.43. The Morgan fingerprint density at radius 3 is 2.70 bits per heavy atom. The molecule has 0 saturated heterocycles. The molecule has 2 N–H and O–H groups in total. The van der Waals surface area contributed by atoms with Crippen LogP contribution >= 0.6 is 0 Å². The summed E-state index contributed by atoms with van der Waals surface area (Å²) in [6.45, 7) is 1.42. The van der Waals surface area contributed by atoms with Gasteiger partial charge in [0.05, 0.1) is 18.1 Å². The lowest BCUT2D eigenvalue weighted by Gasteiger charge is -2.28. The first-order valence-electron chi connectivity index (χ1n) is 6.24. The normalized spacial score (nSPS) is 15.1. The van der Waals surface area contributed by atoms with Crippen LogP contribution in [0.4, 0.5) is 14.7 Å². The first-order chi connectivity index (χ1) is 9.63. The summed E-state index contributed by atoms with van der Waals surface area (Å²) < 4.78 is 27.2. The molecule has 3 rings (SSSR count). The molecule has 0 aliphatic carbocycles. The smallest absolute Gasteiger partial charge is 0.220 e. The molecule has 0 atom stereocenters. The predicted molar refractivity (Wildman–Crippen MR) is 68.4 cm³/mol. The number of rotatable bonds is 2. The lowest BCUT2D eigenvalue weighted by molar-refractivity contribution is 0.235. The number of anilines is 1. The highest BCUT2D eigenvalue weighted by atomic mass is 19.1. The van der Waals surface area contributed by atoms with Gasteiger partial charge < -0.3 is 5.73 Å². The molecule has 0 aromatic carbocycles. The van der Waals surface area contributed by atoms with Crippen molar-refractivity contribution >= 4 is 5.95 Å². The molecular weight excluding hydrogens is 264 g/mol. The Hall–Kier alpha value is -2.15. The number of pyridine rings is 1. The summed E-state index contributed by atoms with van der Waals surface area (Å²) in [5.74, 6) is -0.989. The van der Waals surface area contributed by atoms with Crippen molar-refractivity contribution in [1.29, 1.82) is 0 Å². The zero-order valence-corrected chi connectivity index (χ0v) is 10.7. The van der Waals surface area contributed by atoms with E-state index in [4.69, 9.17) is 5.73 Å². The predicted octanol–water partition coefficient (Wildman–Crippen LogP) is 1.29. The highest BCUT2D eigenvalue weighted by molar-refractivity contribution is 5.27. The third-order valence-corrected chi connectivity index (χ3v) is 3.37. The Morgan fingerprint density at radius 1 is 1.20 bits per heavy atom. The van der Waals surface area contributed by atoms with E-state index in [1.807, 2.05) is 4.90 Å². The fraction of sp³-hybridized carbons (Fsp3) is 0.308. The first kappa shape index (κ1) is 12.9. The Kier molecular flexibility index (Phi) is 3.27. The largest absolute Gasteiger partial charge is 0.368 e. The van der Waals surface area contributed by atoms with E-state index in [0.29, 0.717) is 19.5 Å². The van der Waals surface area contributed by atoms with Crippen molar-refractivity contribution in [1.82, 2.24) is 19.9 Å². The van der Waals surface area contributed by atoms with Crippen LogP contribution in [-0.2, 0) is 19.5 Å². The number of halogens is 2. The number of nitrogen functional groups attached to an aromatic ring is 1. The zero-order valence-electron chi connectivity index (χ0n) is 10.7. The van der Waals surface area contributed by atoms with Crippen LogP contribution in [0.15, 0.2) is 18.6 Å². The maximum atomic E-state index is 13.6. The average molecular weight is 277 g/mol. The van der Waals surface area contributed by atoms with Crippen LogP contribution < -0.4 is 5.73 Å². The van der Waals surface area contributed by atoms with E-state index in [9.17, 15) is 8.78 Å². The van der Waals surface area contributed by atoms with Crippen LogP contribution in [0.1, 0.15) is 16.8 Å². The number of nitrogens with two attached hydrogens (primary N) is 1. The molecule has 0 amide bonds. The Morgan fingerprint density at radius 2 is 1.95 bits per heavy atom. The Bertz CT molecular complexity index is 626. The average Bonchev–Trinajstić information content (AvgIpc) is 2.43. The van der Waals surface area contributed by atoms with Crippen LogP contribution in [-0.4, -0.2) is 26.4 Å². The van der Waals surface area contributed by atoms with E-state index in [-0.39, 0.29) is 18.1 Å². The Labute approximate surface area is 114 Å². The molecule has 0 saturated carbocycles. The van der Waals surface area contributed by atoms with Crippen LogP contribution in [0, 0.1) is 11.6 Å². The second-order valence-corrected chi connectivity index (χ2v) is 4.74. The van der Waals surface area contributed by atoms with Gasteiger partial charge in [0, 0.05) is 43.4 Å². The molecule has 20 heavy (non-hydrogen) atoms. The van der Waals surface area contributed by atoms with Gasteiger partial charge in [-0.2, -0.15) is 0 Å². The summed E-state index contributed by atoms with van der Waals surface area (Å²) in [6.07, 6.45) is 4.42. The number of aromatic nitrogens is 3. The minimum absolute atomic E-state index is 0.0415. The van der Waals surface area contributed by atoms with Crippen molar-refractivity contribution in [2.24, 2.45) is 0 Å². The highest BCUT2D eigenvalue weighted by Crippen LogP contribution is 2.20. The van der Waals surface area contributed by atoms with Gasteiger partial charge in [-0.05, 0) is 0 Å². The summed E-state index contributed by atoms with van der Waals surface area (Å²) in [6, 6.07) is 0. The van der Waals surface area contributed by atoms with Gasteiger partial charge in [0.2, 0.25) is 5.95 Å². The first-order valence-corrected chi connectivity index (χ1v) is 6.24. The SMILES string of the molecule is Nc1ncc2c(n1)CCN(Cc1c(F)cncc1F)C2. The fourth-order valence-electron chi connectivity index (χ4n) is 2.34. The third-order valence-electron chi connectivity index (χ3n) is 3.37. The molecule has 0 bridgehead atoms. The van der Waals surface area contributed by atoms with E-state index in [1.54, 1.807) is 6.20 Å². The molecule has 0 radical (unpaired) electrons. The monoisotopic (exact) mass is 277 g/mol. The molecule has 0 fully saturated rings. The molecule has 104 valence electrons. The van der Waals surface area contributed by atoms with Crippen molar-refractivity contribution in [2.45, 2.75) is 19.5 Å². The van der Waals surface area contributed by atoms with Gasteiger partial charge in [0.25, 0.3) is 0 Å². The minimum atomic E-state index is -0.621. The molecule has 3 heterocycles. The van der Waals surface area contributed by atoms with Crippen molar-refractivity contribution in [2.75, 3.05) is 12.3 Å². The van der Waals surface area contributed by atoms with E-state index < -0.39 is 11.6 Å².